The number of esters is 1. The molecule has 0 N–H and O–H groups in total. The van der Waals surface area contributed by atoms with Gasteiger partial charge in [-0.2, -0.15) is 0 Å². The minimum atomic E-state index is -0.495. The Hall–Kier alpha value is -2.60. The van der Waals surface area contributed by atoms with Gasteiger partial charge < -0.3 is 9.64 Å². The van der Waals surface area contributed by atoms with Crippen LogP contribution in [-0.4, -0.2) is 36.4 Å². The van der Waals surface area contributed by atoms with Crippen LogP contribution in [0.1, 0.15) is 12.5 Å². The van der Waals surface area contributed by atoms with Gasteiger partial charge in [-0.1, -0.05) is 60.3 Å². The Balaban J connectivity index is 2.29. The highest BCUT2D eigenvalue weighted by atomic mass is 32.2. The molecule has 0 saturated heterocycles. The van der Waals surface area contributed by atoms with E-state index in [0.29, 0.717) is 17.9 Å². The number of methoxy groups -OCH3 is 1. The van der Waals surface area contributed by atoms with Crippen molar-refractivity contribution in [3.63, 3.8) is 0 Å². The summed E-state index contributed by atoms with van der Waals surface area (Å²) < 4.78 is 4.76. The zero-order chi connectivity index (χ0) is 19.6. The van der Waals surface area contributed by atoms with Crippen molar-refractivity contribution in [3.05, 3.63) is 66.2 Å². The normalized spacial score (nSPS) is 11.5. The third-order valence-corrected chi connectivity index (χ3v) is 4.99. The zero-order valence-corrected chi connectivity index (χ0v) is 16.3. The van der Waals surface area contributed by atoms with Gasteiger partial charge in [0, 0.05) is 18.4 Å². The van der Waals surface area contributed by atoms with E-state index in [0.717, 1.165) is 17.3 Å². The Morgan fingerprint density at radius 2 is 1.59 bits per heavy atom. The highest BCUT2D eigenvalue weighted by Crippen LogP contribution is 2.22. The van der Waals surface area contributed by atoms with Gasteiger partial charge in [-0.3, -0.25) is 14.4 Å². The first kappa shape index (κ1) is 20.7. The summed E-state index contributed by atoms with van der Waals surface area (Å²) in [5.41, 5.74) is 1.63. The van der Waals surface area contributed by atoms with Crippen molar-refractivity contribution in [1.82, 2.24) is 0 Å². The van der Waals surface area contributed by atoms with E-state index in [1.807, 2.05) is 48.5 Å². The third-order valence-electron chi connectivity index (χ3n) is 4.01. The monoisotopic (exact) mass is 385 g/mol. The summed E-state index contributed by atoms with van der Waals surface area (Å²) in [5.74, 6) is -0.784. The average Bonchev–Trinajstić information content (AvgIpc) is 2.69. The summed E-state index contributed by atoms with van der Waals surface area (Å²) >= 11 is 1.12. The van der Waals surface area contributed by atoms with Crippen LogP contribution in [-0.2, 0) is 25.5 Å². The topological polar surface area (TPSA) is 63.7 Å². The van der Waals surface area contributed by atoms with E-state index >= 15 is 0 Å². The van der Waals surface area contributed by atoms with Crippen LogP contribution in [0.2, 0.25) is 0 Å². The number of carbonyl (C=O) groups excluding carboxylic acids is 3. The van der Waals surface area contributed by atoms with Crippen LogP contribution in [0.4, 0.5) is 5.69 Å². The number of amides is 1. The van der Waals surface area contributed by atoms with Gasteiger partial charge in [-0.15, -0.1) is 0 Å². The van der Waals surface area contributed by atoms with E-state index in [9.17, 15) is 14.4 Å². The molecule has 2 aromatic rings. The van der Waals surface area contributed by atoms with Crippen LogP contribution < -0.4 is 4.90 Å². The third kappa shape index (κ3) is 6.57. The standard InChI is InChI=1S/C21H23NO4S/c1-16(23)27-15-18(13-17-9-5-3-6-10-17)21(25)22(14-20(24)26-2)19-11-7-4-8-12-19/h3-12,18H,13-15H2,1-2H3. The van der Waals surface area contributed by atoms with Crippen molar-refractivity contribution in [2.75, 3.05) is 24.3 Å². The molecular formula is C21H23NO4S. The number of nitrogens with zero attached hydrogens (tertiary/aromatic N) is 1. The van der Waals surface area contributed by atoms with Crippen LogP contribution in [0, 0.1) is 5.92 Å². The lowest BCUT2D eigenvalue weighted by Crippen LogP contribution is -2.41. The maximum absolute atomic E-state index is 13.3. The Morgan fingerprint density at radius 3 is 2.15 bits per heavy atom. The molecule has 2 rings (SSSR count). The van der Waals surface area contributed by atoms with Crippen molar-refractivity contribution in [1.29, 1.82) is 0 Å². The molecule has 0 radical (unpaired) electrons. The van der Waals surface area contributed by atoms with Crippen molar-refractivity contribution in [3.8, 4) is 0 Å². The van der Waals surface area contributed by atoms with Crippen molar-refractivity contribution in [2.45, 2.75) is 13.3 Å². The number of ether oxygens (including phenoxy) is 1. The second kappa shape index (κ2) is 10.5. The minimum Gasteiger partial charge on any atom is -0.468 e. The summed E-state index contributed by atoms with van der Waals surface area (Å²) in [6.45, 7) is 1.31. The Morgan fingerprint density at radius 1 is 1.00 bits per heavy atom. The number of thioether (sulfide) groups is 1. The molecule has 0 bridgehead atoms. The number of carbonyl (C=O) groups is 3. The first-order chi connectivity index (χ1) is 13.0. The van der Waals surface area contributed by atoms with Crippen LogP contribution in [0.3, 0.4) is 0 Å². The van der Waals surface area contributed by atoms with Crippen LogP contribution in [0.25, 0.3) is 0 Å². The lowest BCUT2D eigenvalue weighted by Gasteiger charge is -2.26. The van der Waals surface area contributed by atoms with Crippen molar-refractivity contribution in [2.24, 2.45) is 5.92 Å². The first-order valence-corrected chi connectivity index (χ1v) is 9.60. The molecule has 0 aliphatic rings. The number of benzene rings is 2. The number of anilines is 1. The first-order valence-electron chi connectivity index (χ1n) is 8.61. The van der Waals surface area contributed by atoms with E-state index in [1.165, 1.54) is 18.9 Å². The van der Waals surface area contributed by atoms with E-state index in [4.69, 9.17) is 4.74 Å². The summed E-state index contributed by atoms with van der Waals surface area (Å²) in [6, 6.07) is 18.7. The summed E-state index contributed by atoms with van der Waals surface area (Å²) in [4.78, 5) is 38.1. The van der Waals surface area contributed by atoms with E-state index in [1.54, 1.807) is 12.1 Å². The number of rotatable bonds is 8. The van der Waals surface area contributed by atoms with Crippen molar-refractivity contribution >= 4 is 34.4 Å². The maximum atomic E-state index is 13.3. The minimum absolute atomic E-state index is 0.0416. The predicted molar refractivity (Wildman–Crippen MR) is 108 cm³/mol. The largest absolute Gasteiger partial charge is 0.468 e. The summed E-state index contributed by atoms with van der Waals surface area (Å²) in [6.07, 6.45) is 0.491. The molecule has 0 aromatic heterocycles. The summed E-state index contributed by atoms with van der Waals surface area (Å²) in [7, 11) is 1.29. The molecule has 1 unspecified atom stereocenters. The SMILES string of the molecule is COC(=O)CN(C(=O)C(CSC(C)=O)Cc1ccccc1)c1ccccc1. The maximum Gasteiger partial charge on any atom is 0.325 e. The lowest BCUT2D eigenvalue weighted by molar-refractivity contribution is -0.140. The van der Waals surface area contributed by atoms with Crippen LogP contribution in [0.5, 0.6) is 0 Å². The number of hydrogen-bond donors (Lipinski definition) is 0. The molecular weight excluding hydrogens is 362 g/mol. The molecule has 1 atom stereocenters. The van der Waals surface area contributed by atoms with Gasteiger partial charge in [-0.25, -0.2) is 0 Å². The van der Waals surface area contributed by atoms with Crippen LogP contribution >= 0.6 is 11.8 Å². The Bertz CT molecular complexity index is 764. The number of para-hydroxylation sites is 1. The van der Waals surface area contributed by atoms with Gasteiger partial charge in [0.05, 0.1) is 13.0 Å². The van der Waals surface area contributed by atoms with Gasteiger partial charge in [0.1, 0.15) is 6.54 Å². The lowest BCUT2D eigenvalue weighted by atomic mass is 9.99. The molecule has 0 heterocycles. The average molecular weight is 385 g/mol. The van der Waals surface area contributed by atoms with Gasteiger partial charge in [-0.05, 0) is 24.1 Å². The van der Waals surface area contributed by atoms with E-state index < -0.39 is 11.9 Å². The van der Waals surface area contributed by atoms with Gasteiger partial charge >= 0.3 is 5.97 Å². The zero-order valence-electron chi connectivity index (χ0n) is 15.5. The van der Waals surface area contributed by atoms with Gasteiger partial charge in [0.2, 0.25) is 5.91 Å². The van der Waals surface area contributed by atoms with Gasteiger partial charge in [0.25, 0.3) is 0 Å². The fourth-order valence-electron chi connectivity index (χ4n) is 2.65. The van der Waals surface area contributed by atoms with E-state index in [-0.39, 0.29) is 17.6 Å². The number of hydrogen-bond acceptors (Lipinski definition) is 5. The predicted octanol–water partition coefficient (Wildman–Crippen LogP) is 3.33. The quantitative estimate of drug-likeness (QED) is 0.652. The summed E-state index contributed by atoms with van der Waals surface area (Å²) in [5, 5.41) is -0.0416. The molecule has 6 heteroatoms. The molecule has 0 aliphatic carbocycles. The fraction of sp³-hybridized carbons (Fsp3) is 0.286. The van der Waals surface area contributed by atoms with Crippen LogP contribution in [0.15, 0.2) is 60.7 Å². The second-order valence-electron chi connectivity index (χ2n) is 6.03. The van der Waals surface area contributed by atoms with E-state index in [2.05, 4.69) is 0 Å². The molecule has 142 valence electrons. The van der Waals surface area contributed by atoms with Crippen molar-refractivity contribution < 1.29 is 19.1 Å². The fourth-order valence-corrected chi connectivity index (χ4v) is 3.35. The Labute approximate surface area is 163 Å². The molecule has 0 fully saturated rings. The Kier molecular flexibility index (Phi) is 8.07. The molecule has 0 saturated carbocycles. The highest BCUT2D eigenvalue weighted by Gasteiger charge is 2.28. The molecule has 2 aromatic carbocycles. The highest BCUT2D eigenvalue weighted by molar-refractivity contribution is 8.13. The molecule has 1 amide bonds. The molecule has 0 spiro atoms. The van der Waals surface area contributed by atoms with Gasteiger partial charge in [0.15, 0.2) is 5.12 Å². The molecule has 5 nitrogen and oxygen atoms in total. The smallest absolute Gasteiger partial charge is 0.325 e. The molecule has 0 aliphatic heterocycles. The second-order valence-corrected chi connectivity index (χ2v) is 7.22. The molecule has 27 heavy (non-hydrogen) atoms.